The summed E-state index contributed by atoms with van der Waals surface area (Å²) in [5.41, 5.74) is 3.84. The molecule has 0 aliphatic carbocycles. The van der Waals surface area contributed by atoms with E-state index >= 15 is 0 Å². The number of amides is 2. The van der Waals surface area contributed by atoms with Crippen LogP contribution in [0.15, 0.2) is 60.0 Å². The van der Waals surface area contributed by atoms with Gasteiger partial charge in [0, 0.05) is 37.2 Å². The van der Waals surface area contributed by atoms with Crippen molar-refractivity contribution in [2.24, 2.45) is 0 Å². The standard InChI is InChI=1S/C29H34N2O4S/c1-21-9-11-23(12-10-21)35-20-26-25-14-18-36-27(25)13-16-31(26)28(32)19-30(15-6-17-34-3)29(33)24-8-5-4-7-22(24)2/h4-5,7-12,14,18,26H,6,13,15-17,19-20H2,1-3H3/t26-/m0/s1. The molecule has 0 saturated heterocycles. The van der Waals surface area contributed by atoms with Crippen molar-refractivity contribution in [1.82, 2.24) is 9.80 Å². The van der Waals surface area contributed by atoms with Gasteiger partial charge in [0.15, 0.2) is 0 Å². The Morgan fingerprint density at radius 2 is 1.86 bits per heavy atom. The Hall–Kier alpha value is -3.16. The van der Waals surface area contributed by atoms with Crippen LogP contribution in [0.1, 0.15) is 44.4 Å². The summed E-state index contributed by atoms with van der Waals surface area (Å²) in [6.07, 6.45) is 1.48. The fraction of sp³-hybridized carbons (Fsp3) is 0.379. The lowest BCUT2D eigenvalue weighted by Gasteiger charge is -2.37. The predicted molar refractivity (Wildman–Crippen MR) is 143 cm³/mol. The number of benzene rings is 2. The molecule has 36 heavy (non-hydrogen) atoms. The Kier molecular flexibility index (Phi) is 8.78. The van der Waals surface area contributed by atoms with Crippen molar-refractivity contribution < 1.29 is 19.1 Å². The number of aryl methyl sites for hydroxylation is 2. The Balaban J connectivity index is 1.52. The SMILES string of the molecule is COCCCN(CC(=O)N1CCc2sccc2[C@@H]1COc1ccc(C)cc1)C(=O)c1ccccc1C. The first-order valence-corrected chi connectivity index (χ1v) is 13.2. The normalized spacial score (nSPS) is 14.9. The molecule has 7 heteroatoms. The largest absolute Gasteiger partial charge is 0.491 e. The highest BCUT2D eigenvalue weighted by Gasteiger charge is 2.33. The number of carbonyl (C=O) groups excluding carboxylic acids is 2. The molecule has 4 rings (SSSR count). The average Bonchev–Trinajstić information content (AvgIpc) is 3.37. The van der Waals surface area contributed by atoms with Crippen molar-refractivity contribution in [2.45, 2.75) is 32.7 Å². The fourth-order valence-electron chi connectivity index (χ4n) is 4.57. The van der Waals surface area contributed by atoms with E-state index in [9.17, 15) is 9.59 Å². The van der Waals surface area contributed by atoms with Gasteiger partial charge < -0.3 is 19.3 Å². The number of thiophene rings is 1. The van der Waals surface area contributed by atoms with E-state index in [-0.39, 0.29) is 24.4 Å². The van der Waals surface area contributed by atoms with Crippen molar-refractivity contribution >= 4 is 23.2 Å². The lowest BCUT2D eigenvalue weighted by Crippen LogP contribution is -2.48. The molecule has 1 atom stereocenters. The van der Waals surface area contributed by atoms with Crippen LogP contribution in [-0.4, -0.2) is 61.6 Å². The summed E-state index contributed by atoms with van der Waals surface area (Å²) in [6.45, 7) is 5.95. The molecule has 190 valence electrons. The zero-order valence-electron chi connectivity index (χ0n) is 21.2. The van der Waals surface area contributed by atoms with Crippen molar-refractivity contribution in [2.75, 3.05) is 40.0 Å². The molecule has 0 spiro atoms. The van der Waals surface area contributed by atoms with Gasteiger partial charge in [0.25, 0.3) is 5.91 Å². The van der Waals surface area contributed by atoms with Crippen LogP contribution in [0.2, 0.25) is 0 Å². The minimum Gasteiger partial charge on any atom is -0.491 e. The van der Waals surface area contributed by atoms with E-state index in [1.807, 2.05) is 67.3 Å². The number of ether oxygens (including phenoxy) is 2. The van der Waals surface area contributed by atoms with Gasteiger partial charge in [-0.05, 0) is 67.5 Å². The molecular formula is C29H34N2O4S. The van der Waals surface area contributed by atoms with E-state index in [0.717, 1.165) is 23.3 Å². The van der Waals surface area contributed by atoms with E-state index in [1.165, 1.54) is 10.4 Å². The molecule has 1 aliphatic rings. The van der Waals surface area contributed by atoms with E-state index in [1.54, 1.807) is 23.3 Å². The fourth-order valence-corrected chi connectivity index (χ4v) is 5.50. The van der Waals surface area contributed by atoms with Crippen molar-refractivity contribution in [3.8, 4) is 5.75 Å². The molecule has 0 saturated carbocycles. The first-order chi connectivity index (χ1) is 17.5. The van der Waals surface area contributed by atoms with Crippen LogP contribution in [0.25, 0.3) is 0 Å². The molecule has 3 aromatic rings. The van der Waals surface area contributed by atoms with Crippen LogP contribution in [0.4, 0.5) is 0 Å². The quantitative estimate of drug-likeness (QED) is 0.361. The van der Waals surface area contributed by atoms with E-state index in [4.69, 9.17) is 9.47 Å². The summed E-state index contributed by atoms with van der Waals surface area (Å²) in [4.78, 5) is 32.0. The lowest BCUT2D eigenvalue weighted by atomic mass is 10.00. The summed E-state index contributed by atoms with van der Waals surface area (Å²) >= 11 is 1.73. The van der Waals surface area contributed by atoms with Crippen LogP contribution < -0.4 is 4.74 Å². The monoisotopic (exact) mass is 506 g/mol. The minimum absolute atomic E-state index is 0.0252. The molecule has 2 amide bonds. The third-order valence-corrected chi connectivity index (χ3v) is 7.61. The smallest absolute Gasteiger partial charge is 0.254 e. The highest BCUT2D eigenvalue weighted by Crippen LogP contribution is 2.34. The van der Waals surface area contributed by atoms with Gasteiger partial charge >= 0.3 is 0 Å². The zero-order chi connectivity index (χ0) is 25.5. The summed E-state index contributed by atoms with van der Waals surface area (Å²) in [7, 11) is 1.64. The second-order valence-electron chi connectivity index (χ2n) is 9.16. The Bertz CT molecular complexity index is 1170. The van der Waals surface area contributed by atoms with Gasteiger partial charge in [-0.3, -0.25) is 9.59 Å². The van der Waals surface area contributed by atoms with Gasteiger partial charge in [-0.2, -0.15) is 0 Å². The zero-order valence-corrected chi connectivity index (χ0v) is 22.1. The third-order valence-electron chi connectivity index (χ3n) is 6.61. The van der Waals surface area contributed by atoms with E-state index < -0.39 is 0 Å². The minimum atomic E-state index is -0.191. The molecule has 0 bridgehead atoms. The van der Waals surface area contributed by atoms with Gasteiger partial charge in [-0.25, -0.2) is 0 Å². The number of hydrogen-bond donors (Lipinski definition) is 0. The third kappa shape index (κ3) is 6.15. The number of nitrogens with zero attached hydrogens (tertiary/aromatic N) is 2. The highest BCUT2D eigenvalue weighted by atomic mass is 32.1. The Labute approximate surface area is 217 Å². The lowest BCUT2D eigenvalue weighted by molar-refractivity contribution is -0.135. The maximum absolute atomic E-state index is 13.7. The maximum Gasteiger partial charge on any atom is 0.254 e. The van der Waals surface area contributed by atoms with Crippen molar-refractivity contribution in [1.29, 1.82) is 0 Å². The number of rotatable bonds is 10. The number of methoxy groups -OCH3 is 1. The molecular weight excluding hydrogens is 472 g/mol. The van der Waals surface area contributed by atoms with Gasteiger partial charge in [-0.15, -0.1) is 11.3 Å². The summed E-state index contributed by atoms with van der Waals surface area (Å²) in [5, 5.41) is 2.08. The molecule has 0 N–H and O–H groups in total. The van der Waals surface area contributed by atoms with E-state index in [2.05, 4.69) is 11.4 Å². The summed E-state index contributed by atoms with van der Waals surface area (Å²) < 4.78 is 11.3. The van der Waals surface area contributed by atoms with Gasteiger partial charge in [0.2, 0.25) is 5.91 Å². The Morgan fingerprint density at radius 1 is 1.08 bits per heavy atom. The van der Waals surface area contributed by atoms with Crippen LogP contribution >= 0.6 is 11.3 Å². The van der Waals surface area contributed by atoms with Crippen molar-refractivity contribution in [3.63, 3.8) is 0 Å². The second kappa shape index (κ2) is 12.2. The predicted octanol–water partition coefficient (Wildman–Crippen LogP) is 5.05. The number of hydrogen-bond acceptors (Lipinski definition) is 5. The molecule has 6 nitrogen and oxygen atoms in total. The van der Waals surface area contributed by atoms with Crippen molar-refractivity contribution in [3.05, 3.63) is 87.1 Å². The van der Waals surface area contributed by atoms with Gasteiger partial charge in [0.05, 0.1) is 6.04 Å². The first kappa shape index (κ1) is 25.9. The molecule has 0 radical (unpaired) electrons. The molecule has 2 heterocycles. The van der Waals surface area contributed by atoms with Crippen LogP contribution in [0.3, 0.4) is 0 Å². The van der Waals surface area contributed by atoms with Gasteiger partial charge in [0.1, 0.15) is 18.9 Å². The number of carbonyl (C=O) groups is 2. The second-order valence-corrected chi connectivity index (χ2v) is 10.2. The van der Waals surface area contributed by atoms with Gasteiger partial charge in [-0.1, -0.05) is 35.9 Å². The van der Waals surface area contributed by atoms with Crippen LogP contribution in [0.5, 0.6) is 5.75 Å². The number of fused-ring (bicyclic) bond motifs is 1. The van der Waals surface area contributed by atoms with Crippen LogP contribution in [-0.2, 0) is 16.0 Å². The van der Waals surface area contributed by atoms with E-state index in [0.29, 0.717) is 38.3 Å². The molecule has 0 unspecified atom stereocenters. The Morgan fingerprint density at radius 3 is 2.61 bits per heavy atom. The molecule has 0 fully saturated rings. The topological polar surface area (TPSA) is 59.1 Å². The molecule has 1 aliphatic heterocycles. The summed E-state index contributed by atoms with van der Waals surface area (Å²) in [6, 6.07) is 17.4. The highest BCUT2D eigenvalue weighted by molar-refractivity contribution is 7.10. The average molecular weight is 507 g/mol. The molecule has 2 aromatic carbocycles. The summed E-state index contributed by atoms with van der Waals surface area (Å²) in [5.74, 6) is 0.591. The van der Waals surface area contributed by atoms with Crippen LogP contribution in [0, 0.1) is 13.8 Å². The maximum atomic E-state index is 13.7. The first-order valence-electron chi connectivity index (χ1n) is 12.4. The molecule has 1 aromatic heterocycles.